The molecule has 4 aliphatic rings. The Hall–Kier alpha value is -1.64. The quantitative estimate of drug-likeness (QED) is 0.464. The number of Topliss-reactive ketones (excluding diaryl/α,β-unsaturated/α-hetero) is 1. The van der Waals surface area contributed by atoms with Gasteiger partial charge in [0, 0.05) is 17.4 Å². The Morgan fingerprint density at radius 1 is 1.22 bits per heavy atom. The molecule has 0 radical (unpaired) electrons. The van der Waals surface area contributed by atoms with E-state index >= 15 is 0 Å². The monoisotopic (exact) mass is 438 g/mol. The maximum atomic E-state index is 12.6. The SMILES string of the molecule is C/C(=C\CC[C@@H](C)[C@H]1CC[C@@]2(C)C3=CC[C@@H]4[C@H](CCC(=O)C4(C)C)C3=CC[C@]12C)C(=O)O. The molecular formula is C29H42O3. The van der Waals surface area contributed by atoms with E-state index in [4.69, 9.17) is 5.11 Å². The van der Waals surface area contributed by atoms with Crippen molar-refractivity contribution in [1.82, 2.24) is 0 Å². The first-order valence-electron chi connectivity index (χ1n) is 12.8. The van der Waals surface area contributed by atoms with Crippen LogP contribution in [0.4, 0.5) is 0 Å². The van der Waals surface area contributed by atoms with Gasteiger partial charge in [-0.05, 0) is 97.5 Å². The first-order chi connectivity index (χ1) is 14.9. The fourth-order valence-corrected chi connectivity index (χ4v) is 8.08. The number of hydrogen-bond donors (Lipinski definition) is 1. The minimum absolute atomic E-state index is 0.207. The van der Waals surface area contributed by atoms with E-state index in [0.717, 1.165) is 38.5 Å². The minimum atomic E-state index is -0.807. The lowest BCUT2D eigenvalue weighted by Gasteiger charge is -2.55. The molecule has 3 heteroatoms. The summed E-state index contributed by atoms with van der Waals surface area (Å²) in [5.74, 6) is 1.88. The van der Waals surface area contributed by atoms with Crippen molar-refractivity contribution in [1.29, 1.82) is 0 Å². The van der Waals surface area contributed by atoms with Gasteiger partial charge in [-0.15, -0.1) is 0 Å². The van der Waals surface area contributed by atoms with Crippen LogP contribution >= 0.6 is 0 Å². The van der Waals surface area contributed by atoms with Crippen LogP contribution in [0.15, 0.2) is 34.9 Å². The predicted molar refractivity (Wildman–Crippen MR) is 129 cm³/mol. The molecule has 0 spiro atoms. The van der Waals surface area contributed by atoms with Crippen molar-refractivity contribution < 1.29 is 14.7 Å². The third-order valence-corrected chi connectivity index (χ3v) is 10.6. The third-order valence-electron chi connectivity index (χ3n) is 10.6. The second-order valence-corrected chi connectivity index (χ2v) is 12.3. The summed E-state index contributed by atoms with van der Waals surface area (Å²) in [6, 6.07) is 0. The van der Waals surface area contributed by atoms with Gasteiger partial charge >= 0.3 is 5.97 Å². The van der Waals surface area contributed by atoms with Gasteiger partial charge in [0.05, 0.1) is 0 Å². The van der Waals surface area contributed by atoms with E-state index in [9.17, 15) is 9.59 Å². The summed E-state index contributed by atoms with van der Waals surface area (Å²) in [4.78, 5) is 23.7. The molecule has 0 amide bonds. The van der Waals surface area contributed by atoms with Crippen molar-refractivity contribution in [3.05, 3.63) is 34.9 Å². The molecule has 0 unspecified atom stereocenters. The van der Waals surface area contributed by atoms with Crippen molar-refractivity contribution in [2.24, 2.45) is 39.9 Å². The van der Waals surface area contributed by atoms with Crippen molar-refractivity contribution in [2.75, 3.05) is 0 Å². The van der Waals surface area contributed by atoms with Crippen LogP contribution in [0.1, 0.15) is 92.9 Å². The van der Waals surface area contributed by atoms with Crippen LogP contribution < -0.4 is 0 Å². The molecule has 0 bridgehead atoms. The Labute approximate surface area is 194 Å². The van der Waals surface area contributed by atoms with Gasteiger partial charge in [-0.25, -0.2) is 4.79 Å². The molecule has 0 heterocycles. The van der Waals surface area contributed by atoms with Gasteiger partial charge in [0.25, 0.3) is 0 Å². The van der Waals surface area contributed by atoms with Gasteiger partial charge in [0.1, 0.15) is 5.78 Å². The number of rotatable bonds is 5. The summed E-state index contributed by atoms with van der Waals surface area (Å²) in [6.07, 6.45) is 15.3. The maximum absolute atomic E-state index is 12.6. The minimum Gasteiger partial charge on any atom is -0.478 e. The van der Waals surface area contributed by atoms with Gasteiger partial charge < -0.3 is 5.11 Å². The van der Waals surface area contributed by atoms with Crippen LogP contribution in [-0.4, -0.2) is 16.9 Å². The molecule has 0 aromatic rings. The molecule has 2 saturated carbocycles. The Morgan fingerprint density at radius 3 is 2.62 bits per heavy atom. The number of hydrogen-bond acceptors (Lipinski definition) is 2. The van der Waals surface area contributed by atoms with Crippen LogP contribution in [0, 0.1) is 39.9 Å². The molecule has 32 heavy (non-hydrogen) atoms. The number of carbonyl (C=O) groups is 2. The lowest BCUT2D eigenvalue weighted by molar-refractivity contribution is -0.134. The zero-order valence-corrected chi connectivity index (χ0v) is 21.0. The van der Waals surface area contributed by atoms with Gasteiger partial charge in [-0.2, -0.15) is 0 Å². The van der Waals surface area contributed by atoms with Crippen molar-refractivity contribution in [2.45, 2.75) is 92.9 Å². The molecule has 4 rings (SSSR count). The fourth-order valence-electron chi connectivity index (χ4n) is 8.08. The number of carbonyl (C=O) groups excluding carboxylic acids is 1. The molecular weight excluding hydrogens is 396 g/mol. The van der Waals surface area contributed by atoms with E-state index in [1.807, 2.05) is 6.08 Å². The van der Waals surface area contributed by atoms with Crippen molar-refractivity contribution in [3.63, 3.8) is 0 Å². The number of ketones is 1. The Bertz CT molecular complexity index is 903. The number of aliphatic carboxylic acids is 1. The topological polar surface area (TPSA) is 54.4 Å². The summed E-state index contributed by atoms with van der Waals surface area (Å²) in [6.45, 7) is 13.5. The van der Waals surface area contributed by atoms with Gasteiger partial charge in [0.2, 0.25) is 0 Å². The highest BCUT2D eigenvalue weighted by Crippen LogP contribution is 2.69. The van der Waals surface area contributed by atoms with E-state index in [0.29, 0.717) is 35.0 Å². The summed E-state index contributed by atoms with van der Waals surface area (Å²) < 4.78 is 0. The highest BCUT2D eigenvalue weighted by atomic mass is 16.4. The molecule has 4 aliphatic carbocycles. The second-order valence-electron chi connectivity index (χ2n) is 12.3. The average Bonchev–Trinajstić information content (AvgIpc) is 3.02. The van der Waals surface area contributed by atoms with Crippen LogP contribution in [0.3, 0.4) is 0 Å². The molecule has 0 aromatic heterocycles. The molecule has 0 saturated heterocycles. The smallest absolute Gasteiger partial charge is 0.330 e. The normalized spacial score (nSPS) is 39.4. The number of carboxylic acid groups (broad SMARTS) is 1. The van der Waals surface area contributed by atoms with Crippen LogP contribution in [0.2, 0.25) is 0 Å². The molecule has 6 atom stereocenters. The molecule has 2 fully saturated rings. The zero-order valence-electron chi connectivity index (χ0n) is 21.0. The molecule has 0 aromatic carbocycles. The fraction of sp³-hybridized carbons (Fsp3) is 0.724. The maximum Gasteiger partial charge on any atom is 0.330 e. The van der Waals surface area contributed by atoms with Gasteiger partial charge in [-0.1, -0.05) is 52.8 Å². The Kier molecular flexibility index (Phi) is 5.87. The van der Waals surface area contributed by atoms with E-state index < -0.39 is 5.97 Å². The Balaban J connectivity index is 1.57. The van der Waals surface area contributed by atoms with Crippen LogP contribution in [0.5, 0.6) is 0 Å². The number of allylic oxidation sites excluding steroid dienone is 5. The first-order valence-corrected chi connectivity index (χ1v) is 12.8. The van der Waals surface area contributed by atoms with E-state index in [-0.39, 0.29) is 16.2 Å². The molecule has 1 N–H and O–H groups in total. The Morgan fingerprint density at radius 2 is 1.94 bits per heavy atom. The largest absolute Gasteiger partial charge is 0.478 e. The first kappa shape index (κ1) is 23.5. The summed E-state index contributed by atoms with van der Waals surface area (Å²) in [5, 5.41) is 9.13. The molecule has 3 nitrogen and oxygen atoms in total. The van der Waals surface area contributed by atoms with Crippen LogP contribution in [-0.2, 0) is 9.59 Å². The van der Waals surface area contributed by atoms with Crippen molar-refractivity contribution >= 4 is 11.8 Å². The lowest BCUT2D eigenvalue weighted by Crippen LogP contribution is -2.49. The summed E-state index contributed by atoms with van der Waals surface area (Å²) >= 11 is 0. The van der Waals surface area contributed by atoms with Crippen LogP contribution in [0.25, 0.3) is 0 Å². The van der Waals surface area contributed by atoms with E-state index in [1.165, 1.54) is 12.8 Å². The average molecular weight is 439 g/mol. The summed E-state index contributed by atoms with van der Waals surface area (Å²) in [7, 11) is 0. The third kappa shape index (κ3) is 3.37. The van der Waals surface area contributed by atoms with Gasteiger partial charge in [-0.3, -0.25) is 4.79 Å². The highest BCUT2D eigenvalue weighted by molar-refractivity contribution is 5.86. The molecule has 176 valence electrons. The van der Waals surface area contributed by atoms with Gasteiger partial charge in [0.15, 0.2) is 0 Å². The number of carboxylic acids is 1. The lowest BCUT2D eigenvalue weighted by atomic mass is 9.48. The highest BCUT2D eigenvalue weighted by Gasteiger charge is 2.60. The second kappa shape index (κ2) is 7.99. The van der Waals surface area contributed by atoms with Crippen molar-refractivity contribution in [3.8, 4) is 0 Å². The standard InChI is InChI=1S/C29H42O3/c1-18(8-7-9-19(2)26(31)32)22-15-17-29(6)24-12-11-23-20(10-13-25(30)27(23,3)4)21(24)14-16-28(22,29)5/h9,12,14,18,20,22-23H,7-8,10-11,13,15-17H2,1-6H3,(H,31,32)/b19-9+/t18-,20-,22-,23-,28-,29+/m1/s1. The molecule has 0 aliphatic heterocycles. The van der Waals surface area contributed by atoms with E-state index in [2.05, 4.69) is 46.8 Å². The summed E-state index contributed by atoms with van der Waals surface area (Å²) in [5.41, 5.74) is 3.89. The zero-order chi connectivity index (χ0) is 23.5. The predicted octanol–water partition coefficient (Wildman–Crippen LogP) is 7.14. The van der Waals surface area contributed by atoms with E-state index in [1.54, 1.807) is 18.1 Å². The number of fused-ring (bicyclic) bond motifs is 5.